The molecule has 0 aromatic heterocycles. The molecule has 2 aromatic rings. The lowest BCUT2D eigenvalue weighted by Crippen LogP contribution is -2.41. The van der Waals surface area contributed by atoms with Crippen LogP contribution in [-0.4, -0.2) is 25.8 Å². The second-order valence-corrected chi connectivity index (χ2v) is 6.95. The summed E-state index contributed by atoms with van der Waals surface area (Å²) in [6.07, 6.45) is 1.19. The molecular weight excluding hydrogens is 300 g/mol. The first kappa shape index (κ1) is 14.5. The van der Waals surface area contributed by atoms with Crippen molar-refractivity contribution in [3.8, 4) is 0 Å². The van der Waals surface area contributed by atoms with E-state index in [-0.39, 0.29) is 11.4 Å². The van der Waals surface area contributed by atoms with Crippen LogP contribution in [0.1, 0.15) is 5.56 Å². The number of sulfone groups is 1. The van der Waals surface area contributed by atoms with Crippen molar-refractivity contribution in [3.05, 3.63) is 60.2 Å². The van der Waals surface area contributed by atoms with Crippen molar-refractivity contribution < 1.29 is 13.2 Å². The number of nitrogens with one attached hydrogen (secondary N) is 1. The Morgan fingerprint density at radius 1 is 1.05 bits per heavy atom. The van der Waals surface area contributed by atoms with Crippen molar-refractivity contribution in [2.75, 3.05) is 0 Å². The summed E-state index contributed by atoms with van der Waals surface area (Å²) in [5.74, 6) is -0.567. The molecule has 0 saturated carbocycles. The SMILES string of the molecule is O=C(NCc1ccccc1)C1C=Nc2ccccc2S1(=O)=O. The Morgan fingerprint density at radius 3 is 2.50 bits per heavy atom. The van der Waals surface area contributed by atoms with Crippen LogP contribution in [0.2, 0.25) is 0 Å². The van der Waals surface area contributed by atoms with Gasteiger partial charge in [0, 0.05) is 12.8 Å². The molecule has 3 rings (SSSR count). The summed E-state index contributed by atoms with van der Waals surface area (Å²) in [6, 6.07) is 15.7. The number of hydrogen-bond acceptors (Lipinski definition) is 4. The second kappa shape index (κ2) is 5.73. The molecule has 1 unspecified atom stereocenters. The molecule has 1 aliphatic rings. The van der Waals surface area contributed by atoms with Gasteiger partial charge in [0.15, 0.2) is 15.1 Å². The van der Waals surface area contributed by atoms with Gasteiger partial charge in [-0.25, -0.2) is 8.42 Å². The van der Waals surface area contributed by atoms with Gasteiger partial charge in [0.2, 0.25) is 5.91 Å². The highest BCUT2D eigenvalue weighted by atomic mass is 32.2. The summed E-state index contributed by atoms with van der Waals surface area (Å²) in [5, 5.41) is 1.36. The van der Waals surface area contributed by atoms with Crippen LogP contribution in [-0.2, 0) is 21.2 Å². The number of nitrogens with zero attached hydrogens (tertiary/aromatic N) is 1. The van der Waals surface area contributed by atoms with Crippen LogP contribution in [0.5, 0.6) is 0 Å². The quantitative estimate of drug-likeness (QED) is 0.939. The van der Waals surface area contributed by atoms with Gasteiger partial charge in [-0.3, -0.25) is 9.79 Å². The molecule has 1 atom stereocenters. The van der Waals surface area contributed by atoms with Gasteiger partial charge in [0.25, 0.3) is 0 Å². The minimum Gasteiger partial charge on any atom is -0.351 e. The molecule has 1 N–H and O–H groups in total. The van der Waals surface area contributed by atoms with Crippen LogP contribution in [0.3, 0.4) is 0 Å². The highest BCUT2D eigenvalue weighted by molar-refractivity contribution is 7.93. The molecule has 0 bridgehead atoms. The molecule has 1 heterocycles. The number of hydrogen-bond donors (Lipinski definition) is 1. The molecule has 2 aromatic carbocycles. The minimum absolute atomic E-state index is 0.0948. The van der Waals surface area contributed by atoms with Gasteiger partial charge in [-0.05, 0) is 17.7 Å². The number of carbonyl (C=O) groups excluding carboxylic acids is 1. The Kier molecular flexibility index (Phi) is 3.77. The molecule has 1 aliphatic heterocycles. The fourth-order valence-electron chi connectivity index (χ4n) is 2.26. The molecule has 112 valence electrons. The molecular formula is C16H14N2O3S. The lowest BCUT2D eigenvalue weighted by atomic mass is 10.2. The van der Waals surface area contributed by atoms with Crippen molar-refractivity contribution in [1.82, 2.24) is 5.32 Å². The Balaban J connectivity index is 1.80. The molecule has 22 heavy (non-hydrogen) atoms. The topological polar surface area (TPSA) is 75.6 Å². The molecule has 0 radical (unpaired) electrons. The summed E-state index contributed by atoms with van der Waals surface area (Å²) in [4.78, 5) is 16.4. The van der Waals surface area contributed by atoms with E-state index in [0.717, 1.165) is 5.56 Å². The predicted molar refractivity (Wildman–Crippen MR) is 83.9 cm³/mol. The fourth-order valence-corrected chi connectivity index (χ4v) is 3.80. The minimum atomic E-state index is -3.75. The summed E-state index contributed by atoms with van der Waals surface area (Å²) >= 11 is 0. The number of rotatable bonds is 3. The first-order valence-electron chi connectivity index (χ1n) is 6.78. The maximum Gasteiger partial charge on any atom is 0.244 e. The third-order valence-corrected chi connectivity index (χ3v) is 5.39. The summed E-state index contributed by atoms with van der Waals surface area (Å²) in [6.45, 7) is 0.279. The lowest BCUT2D eigenvalue weighted by Gasteiger charge is -2.18. The van der Waals surface area contributed by atoms with E-state index in [2.05, 4.69) is 10.3 Å². The van der Waals surface area contributed by atoms with Gasteiger partial charge in [0.1, 0.15) is 0 Å². The van der Waals surface area contributed by atoms with Gasteiger partial charge in [0.05, 0.1) is 10.6 Å². The Hall–Kier alpha value is -2.47. The van der Waals surface area contributed by atoms with Gasteiger partial charge < -0.3 is 5.32 Å². The predicted octanol–water partition coefficient (Wildman–Crippen LogP) is 1.86. The van der Waals surface area contributed by atoms with Crippen LogP contribution in [0.4, 0.5) is 5.69 Å². The standard InChI is InChI=1S/C16H14N2O3S/c19-16(18-10-12-6-2-1-3-7-12)15-11-17-13-8-4-5-9-14(13)22(15,20)21/h1-9,11,15H,10H2,(H,18,19). The van der Waals surface area contributed by atoms with Gasteiger partial charge in [-0.1, -0.05) is 42.5 Å². The van der Waals surface area contributed by atoms with E-state index < -0.39 is 21.0 Å². The van der Waals surface area contributed by atoms with Gasteiger partial charge in [-0.2, -0.15) is 0 Å². The van der Waals surface area contributed by atoms with Gasteiger partial charge >= 0.3 is 0 Å². The first-order valence-corrected chi connectivity index (χ1v) is 8.32. The molecule has 0 fully saturated rings. The maximum atomic E-state index is 12.5. The summed E-state index contributed by atoms with van der Waals surface area (Å²) in [5.41, 5.74) is 1.27. The van der Waals surface area contributed by atoms with Crippen LogP contribution in [0.25, 0.3) is 0 Å². The number of amides is 1. The Bertz CT molecular complexity index is 829. The van der Waals surface area contributed by atoms with E-state index >= 15 is 0 Å². The van der Waals surface area contributed by atoms with E-state index in [1.807, 2.05) is 30.3 Å². The molecule has 5 nitrogen and oxygen atoms in total. The van der Waals surface area contributed by atoms with Crippen LogP contribution < -0.4 is 5.32 Å². The Labute approximate surface area is 128 Å². The molecule has 0 spiro atoms. The average molecular weight is 314 g/mol. The monoisotopic (exact) mass is 314 g/mol. The summed E-state index contributed by atoms with van der Waals surface area (Å²) < 4.78 is 25.0. The molecule has 1 amide bonds. The number of para-hydroxylation sites is 1. The van der Waals surface area contributed by atoms with E-state index in [0.29, 0.717) is 5.69 Å². The maximum absolute atomic E-state index is 12.5. The average Bonchev–Trinajstić information content (AvgIpc) is 2.54. The van der Waals surface area contributed by atoms with Crippen LogP contribution >= 0.6 is 0 Å². The zero-order chi connectivity index (χ0) is 15.6. The van der Waals surface area contributed by atoms with E-state index in [4.69, 9.17) is 0 Å². The molecule has 0 aliphatic carbocycles. The second-order valence-electron chi connectivity index (χ2n) is 4.91. The molecule has 6 heteroatoms. The largest absolute Gasteiger partial charge is 0.351 e. The lowest BCUT2D eigenvalue weighted by molar-refractivity contribution is -0.119. The smallest absolute Gasteiger partial charge is 0.244 e. The number of fused-ring (bicyclic) bond motifs is 1. The third-order valence-electron chi connectivity index (χ3n) is 3.42. The normalized spacial score (nSPS) is 18.5. The van der Waals surface area contributed by atoms with Crippen LogP contribution in [0, 0.1) is 0 Å². The third kappa shape index (κ3) is 2.65. The van der Waals surface area contributed by atoms with Crippen molar-refractivity contribution in [2.24, 2.45) is 4.99 Å². The van der Waals surface area contributed by atoms with Crippen molar-refractivity contribution >= 4 is 27.6 Å². The van der Waals surface area contributed by atoms with E-state index in [9.17, 15) is 13.2 Å². The highest BCUT2D eigenvalue weighted by Crippen LogP contribution is 2.30. The van der Waals surface area contributed by atoms with E-state index in [1.54, 1.807) is 18.2 Å². The van der Waals surface area contributed by atoms with Crippen molar-refractivity contribution in [3.63, 3.8) is 0 Å². The first-order chi connectivity index (χ1) is 10.6. The van der Waals surface area contributed by atoms with Crippen molar-refractivity contribution in [2.45, 2.75) is 16.7 Å². The van der Waals surface area contributed by atoms with E-state index in [1.165, 1.54) is 12.3 Å². The zero-order valence-corrected chi connectivity index (χ0v) is 12.5. The Morgan fingerprint density at radius 2 is 1.73 bits per heavy atom. The highest BCUT2D eigenvalue weighted by Gasteiger charge is 2.36. The number of benzene rings is 2. The van der Waals surface area contributed by atoms with Crippen molar-refractivity contribution in [1.29, 1.82) is 0 Å². The number of aliphatic imine (C=N–C) groups is 1. The number of carbonyl (C=O) groups is 1. The zero-order valence-electron chi connectivity index (χ0n) is 11.6. The molecule has 0 saturated heterocycles. The fraction of sp³-hybridized carbons (Fsp3) is 0.125. The van der Waals surface area contributed by atoms with Gasteiger partial charge in [-0.15, -0.1) is 0 Å². The summed E-state index contributed by atoms with van der Waals surface area (Å²) in [7, 11) is -3.75. The van der Waals surface area contributed by atoms with Crippen LogP contribution in [0.15, 0.2) is 64.5 Å².